The van der Waals surface area contributed by atoms with Gasteiger partial charge in [-0.05, 0) is 43.2 Å². The van der Waals surface area contributed by atoms with Gasteiger partial charge in [0.05, 0.1) is 28.1 Å². The minimum Gasteiger partial charge on any atom is -0.342 e. The number of halogens is 3. The van der Waals surface area contributed by atoms with Crippen molar-refractivity contribution in [3.8, 4) is 11.3 Å². The number of hydrogen-bond donors (Lipinski definition) is 2. The van der Waals surface area contributed by atoms with E-state index in [-0.39, 0.29) is 28.5 Å². The van der Waals surface area contributed by atoms with Crippen molar-refractivity contribution in [1.82, 2.24) is 25.1 Å². The van der Waals surface area contributed by atoms with E-state index >= 15 is 0 Å². The molecule has 4 aromatic rings. The van der Waals surface area contributed by atoms with Crippen LogP contribution < -0.4 is 10.6 Å². The van der Waals surface area contributed by atoms with Crippen LogP contribution >= 0.6 is 57.9 Å². The Balaban J connectivity index is 1.41. The van der Waals surface area contributed by atoms with Crippen molar-refractivity contribution in [2.45, 2.75) is 38.5 Å². The van der Waals surface area contributed by atoms with Crippen molar-refractivity contribution >= 4 is 74.8 Å². The summed E-state index contributed by atoms with van der Waals surface area (Å²) in [4.78, 5) is 30.2. The summed E-state index contributed by atoms with van der Waals surface area (Å²) in [7, 11) is 0. The maximum Gasteiger partial charge on any atom is 0.253 e. The molecule has 2 amide bonds. The van der Waals surface area contributed by atoms with E-state index in [0.717, 1.165) is 11.3 Å². The Morgan fingerprint density at radius 3 is 2.44 bits per heavy atom. The largest absolute Gasteiger partial charge is 0.342 e. The SMILES string of the molecule is CCn1c(SCC(=O)Nc2nc(-c3ccc(Cl)cc3)cs2)nnc1[C@@H](NC(=O)c1ccc(Cl)cc1Cl)C(C)C. The number of rotatable bonds is 10. The van der Waals surface area contributed by atoms with Crippen molar-refractivity contribution in [1.29, 1.82) is 0 Å². The van der Waals surface area contributed by atoms with E-state index < -0.39 is 6.04 Å². The quantitative estimate of drug-likeness (QED) is 0.181. The molecular formula is C26H25Cl3N6O2S2. The number of thioether (sulfide) groups is 1. The highest BCUT2D eigenvalue weighted by atomic mass is 35.5. The first kappa shape index (κ1) is 29.4. The first-order valence-corrected chi connectivity index (χ1v) is 15.0. The maximum atomic E-state index is 13.0. The second-order valence-corrected chi connectivity index (χ2v) is 11.9. The van der Waals surface area contributed by atoms with Crippen LogP contribution in [-0.4, -0.2) is 37.3 Å². The number of thiazole rings is 1. The predicted molar refractivity (Wildman–Crippen MR) is 159 cm³/mol. The molecule has 0 aliphatic rings. The van der Waals surface area contributed by atoms with Crippen LogP contribution in [0.1, 0.15) is 43.0 Å². The summed E-state index contributed by atoms with van der Waals surface area (Å²) < 4.78 is 1.90. The van der Waals surface area contributed by atoms with Crippen LogP contribution in [0.2, 0.25) is 15.1 Å². The molecule has 0 saturated heterocycles. The maximum absolute atomic E-state index is 13.0. The highest BCUT2D eigenvalue weighted by molar-refractivity contribution is 7.99. The van der Waals surface area contributed by atoms with E-state index in [1.807, 2.05) is 42.9 Å². The number of carbonyl (C=O) groups excluding carboxylic acids is 2. The average Bonchev–Trinajstić information content (AvgIpc) is 3.53. The average molecular weight is 624 g/mol. The van der Waals surface area contributed by atoms with Crippen LogP contribution in [0.15, 0.2) is 53.0 Å². The van der Waals surface area contributed by atoms with Crippen molar-refractivity contribution in [3.63, 3.8) is 0 Å². The van der Waals surface area contributed by atoms with Gasteiger partial charge in [-0.3, -0.25) is 9.59 Å². The highest BCUT2D eigenvalue weighted by Gasteiger charge is 2.27. The summed E-state index contributed by atoms with van der Waals surface area (Å²) in [5.74, 6) is 0.177. The fraction of sp³-hybridized carbons (Fsp3) is 0.269. The Morgan fingerprint density at radius 1 is 1.05 bits per heavy atom. The third kappa shape index (κ3) is 7.32. The topological polar surface area (TPSA) is 102 Å². The van der Waals surface area contributed by atoms with Crippen molar-refractivity contribution in [3.05, 3.63) is 74.3 Å². The van der Waals surface area contributed by atoms with Gasteiger partial charge in [0.25, 0.3) is 5.91 Å². The second kappa shape index (κ2) is 13.1. The molecule has 39 heavy (non-hydrogen) atoms. The number of anilines is 1. The molecule has 2 N–H and O–H groups in total. The van der Waals surface area contributed by atoms with Crippen molar-refractivity contribution < 1.29 is 9.59 Å². The zero-order chi connectivity index (χ0) is 28.1. The Labute approximate surface area is 249 Å². The molecule has 0 spiro atoms. The molecule has 0 radical (unpaired) electrons. The molecule has 4 rings (SSSR count). The van der Waals surface area contributed by atoms with Gasteiger partial charge >= 0.3 is 0 Å². The summed E-state index contributed by atoms with van der Waals surface area (Å²) in [5.41, 5.74) is 2.00. The molecule has 2 aromatic carbocycles. The minimum absolute atomic E-state index is 0.00964. The number of carbonyl (C=O) groups is 2. The van der Waals surface area contributed by atoms with Gasteiger partial charge in [0.15, 0.2) is 16.1 Å². The summed E-state index contributed by atoms with van der Waals surface area (Å²) >= 11 is 20.8. The Kier molecular flexibility index (Phi) is 9.90. The van der Waals surface area contributed by atoms with Gasteiger partial charge in [-0.15, -0.1) is 21.5 Å². The van der Waals surface area contributed by atoms with Crippen molar-refractivity contribution in [2.75, 3.05) is 11.1 Å². The molecule has 0 bridgehead atoms. The first-order chi connectivity index (χ1) is 18.7. The molecule has 0 saturated carbocycles. The Morgan fingerprint density at radius 2 is 1.77 bits per heavy atom. The molecular weight excluding hydrogens is 599 g/mol. The lowest BCUT2D eigenvalue weighted by Crippen LogP contribution is -2.34. The zero-order valence-corrected chi connectivity index (χ0v) is 25.1. The van der Waals surface area contributed by atoms with Gasteiger partial charge in [-0.25, -0.2) is 4.98 Å². The third-order valence-corrected chi connectivity index (χ3v) is 8.22. The number of aromatic nitrogens is 4. The van der Waals surface area contributed by atoms with Crippen LogP contribution in [0, 0.1) is 5.92 Å². The molecule has 1 atom stereocenters. The fourth-order valence-electron chi connectivity index (χ4n) is 3.73. The van der Waals surface area contributed by atoms with Crippen LogP contribution in [0.3, 0.4) is 0 Å². The zero-order valence-electron chi connectivity index (χ0n) is 21.2. The number of hydrogen-bond acceptors (Lipinski definition) is 7. The van der Waals surface area contributed by atoms with E-state index in [2.05, 4.69) is 25.8 Å². The van der Waals surface area contributed by atoms with Crippen molar-refractivity contribution in [2.24, 2.45) is 5.92 Å². The lowest BCUT2D eigenvalue weighted by Gasteiger charge is -2.22. The summed E-state index contributed by atoms with van der Waals surface area (Å²) in [6, 6.07) is 11.7. The van der Waals surface area contributed by atoms with Gasteiger partial charge in [0.2, 0.25) is 5.91 Å². The van der Waals surface area contributed by atoms with Crippen LogP contribution in [0.25, 0.3) is 11.3 Å². The van der Waals surface area contributed by atoms with E-state index in [4.69, 9.17) is 34.8 Å². The fourth-order valence-corrected chi connectivity index (χ4v) is 5.89. The Hall–Kier alpha value is -2.63. The first-order valence-electron chi connectivity index (χ1n) is 12.0. The number of nitrogens with zero attached hydrogens (tertiary/aromatic N) is 4. The summed E-state index contributed by atoms with van der Waals surface area (Å²) in [6.07, 6.45) is 0. The van der Waals surface area contributed by atoms with E-state index in [0.29, 0.717) is 38.3 Å². The molecule has 2 aromatic heterocycles. The number of amides is 2. The van der Waals surface area contributed by atoms with E-state index in [1.165, 1.54) is 29.2 Å². The molecule has 2 heterocycles. The molecule has 0 aliphatic heterocycles. The van der Waals surface area contributed by atoms with E-state index in [1.54, 1.807) is 24.3 Å². The summed E-state index contributed by atoms with van der Waals surface area (Å²) in [6.45, 7) is 6.48. The Bertz CT molecular complexity index is 1470. The van der Waals surface area contributed by atoms with Crippen LogP contribution in [-0.2, 0) is 11.3 Å². The predicted octanol–water partition coefficient (Wildman–Crippen LogP) is 7.24. The number of benzene rings is 2. The van der Waals surface area contributed by atoms with Gasteiger partial charge in [-0.2, -0.15) is 0 Å². The summed E-state index contributed by atoms with van der Waals surface area (Å²) in [5, 5.41) is 18.9. The molecule has 8 nitrogen and oxygen atoms in total. The molecule has 0 aliphatic carbocycles. The minimum atomic E-state index is -0.429. The monoisotopic (exact) mass is 622 g/mol. The second-order valence-electron chi connectivity index (χ2n) is 8.79. The van der Waals surface area contributed by atoms with Gasteiger partial charge < -0.3 is 15.2 Å². The highest BCUT2D eigenvalue weighted by Crippen LogP contribution is 2.29. The lowest BCUT2D eigenvalue weighted by molar-refractivity contribution is -0.113. The molecule has 0 unspecified atom stereocenters. The number of nitrogens with one attached hydrogen (secondary N) is 2. The van der Waals surface area contributed by atoms with Gasteiger partial charge in [0.1, 0.15) is 0 Å². The van der Waals surface area contributed by atoms with Gasteiger partial charge in [0, 0.05) is 27.5 Å². The molecule has 0 fully saturated rings. The lowest BCUT2D eigenvalue weighted by atomic mass is 10.0. The molecule has 204 valence electrons. The third-order valence-electron chi connectivity index (χ3n) is 5.69. The van der Waals surface area contributed by atoms with Crippen LogP contribution in [0.5, 0.6) is 0 Å². The van der Waals surface area contributed by atoms with Crippen LogP contribution in [0.4, 0.5) is 5.13 Å². The van der Waals surface area contributed by atoms with E-state index in [9.17, 15) is 9.59 Å². The smallest absolute Gasteiger partial charge is 0.253 e. The molecule has 13 heteroatoms. The standard InChI is InChI=1S/C26H25Cl3N6O2S2/c1-4-35-23(22(14(2)3)32-24(37)18-10-9-17(28)11-19(18)29)33-34-26(35)39-13-21(36)31-25-30-20(12-38-25)15-5-7-16(27)8-6-15/h5-12,14,22H,4,13H2,1-3H3,(H,32,37)(H,30,31,36)/t22-/m0/s1. The van der Waals surface area contributed by atoms with Gasteiger partial charge in [-0.1, -0.05) is 72.5 Å². The normalized spacial score (nSPS) is 12.0.